The average Bonchev–Trinajstić information content (AvgIpc) is 3.19. The molecule has 0 spiro atoms. The lowest BCUT2D eigenvalue weighted by molar-refractivity contribution is -0.384. The van der Waals surface area contributed by atoms with Crippen LogP contribution in [0.25, 0.3) is 0 Å². The minimum Gasteiger partial charge on any atom is -0.507 e. The van der Waals surface area contributed by atoms with Gasteiger partial charge in [-0.1, -0.05) is 41.9 Å². The number of nitrogens with one attached hydrogen (secondary N) is 1. The highest BCUT2D eigenvalue weighted by Gasteiger charge is 2.30. The number of ketones is 1. The molecule has 1 heterocycles. The number of carbonyl (C=O) groups is 1. The van der Waals surface area contributed by atoms with Crippen molar-refractivity contribution >= 4 is 54.3 Å². The largest absolute Gasteiger partial charge is 0.507 e. The van der Waals surface area contributed by atoms with E-state index in [1.54, 1.807) is 42.5 Å². The molecule has 1 aliphatic rings. The first-order chi connectivity index (χ1) is 27.1. The molecule has 1 fully saturated rings. The van der Waals surface area contributed by atoms with Crippen LogP contribution in [0.1, 0.15) is 39.9 Å². The molecule has 0 atom stereocenters. The second-order valence-electron chi connectivity index (χ2n) is 13.7. The van der Waals surface area contributed by atoms with Crippen LogP contribution in [0.4, 0.5) is 17.1 Å². The van der Waals surface area contributed by atoms with Crippen LogP contribution >= 0.6 is 11.6 Å². The van der Waals surface area contributed by atoms with E-state index in [0.717, 1.165) is 46.5 Å². The first kappa shape index (κ1) is 41.2. The van der Waals surface area contributed by atoms with Gasteiger partial charge in [-0.05, 0) is 116 Å². The lowest BCUT2D eigenvalue weighted by Gasteiger charge is -2.25. The van der Waals surface area contributed by atoms with E-state index in [4.69, 9.17) is 21.1 Å². The number of nitrogens with zero attached hydrogens (tertiary/aromatic N) is 2. The molecule has 57 heavy (non-hydrogen) atoms. The molecular formula is C41H40ClN3O10S2. The van der Waals surface area contributed by atoms with Crippen molar-refractivity contribution in [1.82, 2.24) is 0 Å². The smallest absolute Gasteiger partial charge is 0.293 e. The highest BCUT2D eigenvalue weighted by Crippen LogP contribution is 2.34. The molecule has 13 nitrogen and oxygen atoms in total. The number of phenols is 1. The van der Waals surface area contributed by atoms with Crippen LogP contribution in [0, 0.1) is 29.9 Å². The summed E-state index contributed by atoms with van der Waals surface area (Å²) in [5.74, 6) is -1.66. The van der Waals surface area contributed by atoms with Gasteiger partial charge in [0.25, 0.3) is 15.7 Å². The Bertz CT molecular complexity index is 2490. The van der Waals surface area contributed by atoms with Crippen molar-refractivity contribution in [3.63, 3.8) is 0 Å². The normalized spacial score (nSPS) is 13.5. The van der Waals surface area contributed by atoms with Gasteiger partial charge in [0.2, 0.25) is 0 Å². The van der Waals surface area contributed by atoms with Crippen LogP contribution in [-0.2, 0) is 31.1 Å². The molecule has 0 saturated carbocycles. The van der Waals surface area contributed by atoms with E-state index in [1.807, 2.05) is 13.8 Å². The number of sulfone groups is 1. The van der Waals surface area contributed by atoms with E-state index in [-0.39, 0.29) is 28.7 Å². The van der Waals surface area contributed by atoms with Crippen LogP contribution < -0.4 is 14.4 Å². The highest BCUT2D eigenvalue weighted by molar-refractivity contribution is 7.93. The Labute approximate surface area is 336 Å². The van der Waals surface area contributed by atoms with Gasteiger partial charge in [0.1, 0.15) is 28.7 Å². The quantitative estimate of drug-likeness (QED) is 0.0589. The molecule has 0 aliphatic carbocycles. The zero-order chi connectivity index (χ0) is 40.9. The number of ether oxygens (including phenoxy) is 2. The van der Waals surface area contributed by atoms with Crippen LogP contribution in [0.15, 0.2) is 113 Å². The summed E-state index contributed by atoms with van der Waals surface area (Å²) in [7, 11) is -8.83. The summed E-state index contributed by atoms with van der Waals surface area (Å²) >= 11 is 6.29. The SMILES string of the molecule is Cc1cc(Oc2ccc(S(=O)(=O)N(Cc3ccccc3)c3ccc(O)c(C(=O)CS(=O)(=O)c4ccc(NCC5CCOCC5)c([N+](=O)[O-])c4)c3)cc2)cc(C)c1Cl. The third-order valence-electron chi connectivity index (χ3n) is 9.56. The minimum atomic E-state index is -4.48. The number of rotatable bonds is 15. The van der Waals surface area contributed by atoms with Gasteiger partial charge in [-0.15, -0.1) is 0 Å². The Morgan fingerprint density at radius 3 is 2.19 bits per heavy atom. The van der Waals surface area contributed by atoms with E-state index in [1.165, 1.54) is 42.5 Å². The number of phenolic OH excluding ortho intramolecular Hbond substituents is 1. The third-order valence-corrected chi connectivity index (χ3v) is 13.6. The van der Waals surface area contributed by atoms with Crippen LogP contribution in [0.5, 0.6) is 17.2 Å². The van der Waals surface area contributed by atoms with Gasteiger partial charge in [-0.2, -0.15) is 0 Å². The second-order valence-corrected chi connectivity index (χ2v) is 17.9. The predicted molar refractivity (Wildman–Crippen MR) is 217 cm³/mol. The first-order valence-corrected chi connectivity index (χ1v) is 21.4. The molecule has 0 amide bonds. The van der Waals surface area contributed by atoms with Gasteiger partial charge in [0, 0.05) is 30.8 Å². The Balaban J connectivity index is 1.26. The summed E-state index contributed by atoms with van der Waals surface area (Å²) in [5.41, 5.74) is 1.42. The standard InChI is InChI=1S/C41H40ClN3O10S2/c1-27-20-33(21-28(2)41(27)42)55-32-9-11-34(12-10-32)57(52,53)44(25-30-6-4-3-5-7-30)31-8-15-39(46)36(22-31)40(47)26-56(50,51)35-13-14-37(38(23-35)45(48)49)43-24-29-16-18-54-19-17-29/h3-15,20-23,29,43,46H,16-19,24-26H2,1-2H3. The highest BCUT2D eigenvalue weighted by atomic mass is 35.5. The number of nitro groups is 1. The van der Waals surface area contributed by atoms with Crippen LogP contribution in [0.3, 0.4) is 0 Å². The van der Waals surface area contributed by atoms with Crippen LogP contribution in [-0.4, -0.2) is 58.2 Å². The minimum absolute atomic E-state index is 0.0274. The van der Waals surface area contributed by atoms with Gasteiger partial charge < -0.3 is 19.9 Å². The van der Waals surface area contributed by atoms with Gasteiger partial charge in [-0.3, -0.25) is 19.2 Å². The van der Waals surface area contributed by atoms with E-state index in [9.17, 15) is 36.9 Å². The number of benzene rings is 5. The molecule has 2 N–H and O–H groups in total. The number of hydrogen-bond acceptors (Lipinski definition) is 11. The summed E-state index contributed by atoms with van der Waals surface area (Å²) in [4.78, 5) is 24.3. The monoisotopic (exact) mass is 833 g/mol. The van der Waals surface area contributed by atoms with Crippen molar-refractivity contribution in [1.29, 1.82) is 0 Å². The predicted octanol–water partition coefficient (Wildman–Crippen LogP) is 8.25. The summed E-state index contributed by atoms with van der Waals surface area (Å²) in [6.07, 6.45) is 1.57. The fourth-order valence-electron chi connectivity index (χ4n) is 6.42. The fourth-order valence-corrected chi connectivity index (χ4v) is 9.21. The Hall–Kier alpha value is -5.48. The number of sulfonamides is 1. The second kappa shape index (κ2) is 17.3. The topological polar surface area (TPSA) is 182 Å². The van der Waals surface area contributed by atoms with Crippen LogP contribution in [0.2, 0.25) is 5.02 Å². The summed E-state index contributed by atoms with van der Waals surface area (Å²) in [6.45, 7) is 5.13. The molecule has 5 aromatic carbocycles. The van der Waals surface area contributed by atoms with Gasteiger partial charge in [-0.25, -0.2) is 16.8 Å². The average molecular weight is 834 g/mol. The Morgan fingerprint density at radius 1 is 0.895 bits per heavy atom. The number of carbonyl (C=O) groups excluding carboxylic acids is 1. The van der Waals surface area contributed by atoms with Crippen molar-refractivity contribution in [2.45, 2.75) is 43.0 Å². The number of aryl methyl sites for hydroxylation is 2. The Morgan fingerprint density at radius 2 is 1.54 bits per heavy atom. The molecule has 1 aliphatic heterocycles. The molecule has 1 saturated heterocycles. The lowest BCUT2D eigenvalue weighted by atomic mass is 10.0. The lowest BCUT2D eigenvalue weighted by Crippen LogP contribution is -2.31. The number of halogens is 1. The van der Waals surface area contributed by atoms with E-state index in [2.05, 4.69) is 5.32 Å². The van der Waals surface area contributed by atoms with Crippen molar-refractivity contribution in [2.75, 3.05) is 35.1 Å². The molecular weight excluding hydrogens is 794 g/mol. The number of anilines is 2. The fraction of sp³-hybridized carbons (Fsp3) is 0.244. The van der Waals surface area contributed by atoms with Crippen molar-refractivity contribution in [3.05, 3.63) is 141 Å². The summed E-state index contributed by atoms with van der Waals surface area (Å²) in [6, 6.07) is 24.9. The van der Waals surface area contributed by atoms with E-state index >= 15 is 0 Å². The maximum atomic E-state index is 14.3. The molecule has 5 aromatic rings. The molecule has 6 rings (SSSR count). The number of hydrogen-bond donors (Lipinski definition) is 2. The number of nitro benzene ring substituents is 1. The van der Waals surface area contributed by atoms with Crippen molar-refractivity contribution in [2.24, 2.45) is 5.92 Å². The summed E-state index contributed by atoms with van der Waals surface area (Å²) < 4.78 is 68.1. The molecule has 0 bridgehead atoms. The zero-order valence-electron chi connectivity index (χ0n) is 31.1. The summed E-state index contributed by atoms with van der Waals surface area (Å²) in [5, 5.41) is 26.4. The molecule has 0 unspecified atom stereocenters. The molecule has 16 heteroatoms. The maximum Gasteiger partial charge on any atom is 0.293 e. The van der Waals surface area contributed by atoms with Gasteiger partial charge in [0.05, 0.1) is 32.5 Å². The van der Waals surface area contributed by atoms with Crippen molar-refractivity contribution in [3.8, 4) is 17.2 Å². The number of aromatic hydroxyl groups is 1. The molecule has 0 aromatic heterocycles. The maximum absolute atomic E-state index is 14.3. The Kier molecular flexibility index (Phi) is 12.5. The third kappa shape index (κ3) is 9.74. The van der Waals surface area contributed by atoms with Gasteiger partial charge in [0.15, 0.2) is 15.6 Å². The molecule has 0 radical (unpaired) electrons. The number of Topliss-reactive ketones (excluding diaryl/α,β-unsaturated/α-hetero) is 1. The zero-order valence-corrected chi connectivity index (χ0v) is 33.4. The van der Waals surface area contributed by atoms with E-state index < -0.39 is 58.2 Å². The first-order valence-electron chi connectivity index (χ1n) is 17.9. The van der Waals surface area contributed by atoms with Gasteiger partial charge >= 0.3 is 0 Å². The molecule has 298 valence electrons. The van der Waals surface area contributed by atoms with Crippen molar-refractivity contribution < 1.29 is 41.1 Å². The van der Waals surface area contributed by atoms with E-state index in [0.29, 0.717) is 41.8 Å².